The normalized spacial score (nSPS) is 11.9. The highest BCUT2D eigenvalue weighted by atomic mass is 79.9. The van der Waals surface area contributed by atoms with Gasteiger partial charge in [0.25, 0.3) is 10.0 Å². The van der Waals surface area contributed by atoms with E-state index < -0.39 is 28.5 Å². The summed E-state index contributed by atoms with van der Waals surface area (Å²) in [5.74, 6) is -0.516. The number of hydrogen-bond donors (Lipinski definition) is 1. The van der Waals surface area contributed by atoms with Crippen LogP contribution in [0.2, 0.25) is 5.02 Å². The Morgan fingerprint density at radius 1 is 1.05 bits per heavy atom. The highest BCUT2D eigenvalue weighted by molar-refractivity contribution is 9.10. The second kappa shape index (κ2) is 13.8. The van der Waals surface area contributed by atoms with E-state index in [1.54, 1.807) is 25.1 Å². The number of methoxy groups -OCH3 is 1. The molecule has 0 fully saturated rings. The predicted molar refractivity (Wildman–Crippen MR) is 156 cm³/mol. The third-order valence-corrected chi connectivity index (χ3v) is 8.63. The largest absolute Gasteiger partial charge is 0.495 e. The van der Waals surface area contributed by atoms with Crippen LogP contribution in [0.4, 0.5) is 5.69 Å². The Morgan fingerprint density at radius 2 is 1.72 bits per heavy atom. The van der Waals surface area contributed by atoms with Gasteiger partial charge in [-0.25, -0.2) is 8.42 Å². The van der Waals surface area contributed by atoms with E-state index in [1.165, 1.54) is 42.3 Å². The van der Waals surface area contributed by atoms with Gasteiger partial charge in [0, 0.05) is 17.6 Å². The Balaban J connectivity index is 2.03. The minimum Gasteiger partial charge on any atom is -0.495 e. The molecular formula is C28H31BrClN3O5S. The lowest BCUT2D eigenvalue weighted by atomic mass is 10.1. The molecule has 0 aliphatic rings. The second-order valence-electron chi connectivity index (χ2n) is 8.76. The van der Waals surface area contributed by atoms with Crippen molar-refractivity contribution in [3.8, 4) is 5.75 Å². The summed E-state index contributed by atoms with van der Waals surface area (Å²) in [4.78, 5) is 28.2. The Bertz CT molecular complexity index is 1390. The average molecular weight is 637 g/mol. The first kappa shape index (κ1) is 30.5. The molecule has 0 saturated heterocycles. The van der Waals surface area contributed by atoms with Gasteiger partial charge in [-0.2, -0.15) is 0 Å². The summed E-state index contributed by atoms with van der Waals surface area (Å²) in [7, 11) is -2.73. The van der Waals surface area contributed by atoms with E-state index >= 15 is 0 Å². The van der Waals surface area contributed by atoms with Gasteiger partial charge in [0.15, 0.2) is 0 Å². The maximum absolute atomic E-state index is 13.9. The molecule has 8 nitrogen and oxygen atoms in total. The van der Waals surface area contributed by atoms with Gasteiger partial charge in [-0.1, -0.05) is 64.8 Å². The number of nitrogens with one attached hydrogen (secondary N) is 1. The molecule has 0 unspecified atom stereocenters. The summed E-state index contributed by atoms with van der Waals surface area (Å²) >= 11 is 9.73. The van der Waals surface area contributed by atoms with Gasteiger partial charge in [0.05, 0.1) is 22.7 Å². The lowest BCUT2D eigenvalue weighted by molar-refractivity contribution is -0.139. The standard InChI is InChI=1S/C28H31BrClN3O5S/c1-4-16-31-28(35)20(2)32(18-21-10-12-22(29)13-11-21)27(34)19-33(23-14-15-26(38-3)25(30)17-23)39(36,37)24-8-6-5-7-9-24/h5-15,17,20H,4,16,18-19H2,1-3H3,(H,31,35)/t20-/m1/s1. The molecule has 3 aromatic carbocycles. The summed E-state index contributed by atoms with van der Waals surface area (Å²) in [6.07, 6.45) is 0.737. The van der Waals surface area contributed by atoms with Gasteiger partial charge in [-0.05, 0) is 61.4 Å². The number of benzene rings is 3. The molecule has 0 aromatic heterocycles. The molecule has 2 amide bonds. The van der Waals surface area contributed by atoms with Gasteiger partial charge in [-0.15, -0.1) is 0 Å². The number of ether oxygens (including phenoxy) is 1. The van der Waals surface area contributed by atoms with Crippen LogP contribution < -0.4 is 14.4 Å². The fourth-order valence-corrected chi connectivity index (χ4v) is 5.77. The van der Waals surface area contributed by atoms with Crippen LogP contribution in [0.1, 0.15) is 25.8 Å². The summed E-state index contributed by atoms with van der Waals surface area (Å²) in [5.41, 5.74) is 0.969. The molecule has 0 saturated carbocycles. The fraction of sp³-hybridized carbons (Fsp3) is 0.286. The highest BCUT2D eigenvalue weighted by Gasteiger charge is 2.32. The van der Waals surface area contributed by atoms with Crippen LogP contribution in [0, 0.1) is 0 Å². The summed E-state index contributed by atoms with van der Waals surface area (Å²) in [6, 6.07) is 18.8. The van der Waals surface area contributed by atoms with Gasteiger partial charge in [0.2, 0.25) is 11.8 Å². The van der Waals surface area contributed by atoms with Crippen molar-refractivity contribution in [2.45, 2.75) is 37.8 Å². The monoisotopic (exact) mass is 635 g/mol. The number of anilines is 1. The van der Waals surface area contributed by atoms with E-state index in [-0.39, 0.29) is 28.1 Å². The van der Waals surface area contributed by atoms with Gasteiger partial charge in [0.1, 0.15) is 18.3 Å². The first-order valence-corrected chi connectivity index (χ1v) is 14.9. The smallest absolute Gasteiger partial charge is 0.264 e. The number of halogens is 2. The third-order valence-electron chi connectivity index (χ3n) is 6.02. The Morgan fingerprint density at radius 3 is 2.31 bits per heavy atom. The molecule has 1 atom stereocenters. The van der Waals surface area contributed by atoms with E-state index in [2.05, 4.69) is 21.2 Å². The van der Waals surface area contributed by atoms with Crippen LogP contribution in [0.3, 0.4) is 0 Å². The van der Waals surface area contributed by atoms with E-state index in [9.17, 15) is 18.0 Å². The quantitative estimate of drug-likeness (QED) is 0.293. The zero-order valence-corrected chi connectivity index (χ0v) is 25.1. The van der Waals surface area contributed by atoms with Gasteiger partial charge in [-0.3, -0.25) is 13.9 Å². The molecule has 0 spiro atoms. The first-order chi connectivity index (χ1) is 18.6. The molecule has 0 radical (unpaired) electrons. The maximum atomic E-state index is 13.9. The van der Waals surface area contributed by atoms with Crippen molar-refractivity contribution in [3.63, 3.8) is 0 Å². The molecular weight excluding hydrogens is 606 g/mol. The van der Waals surface area contributed by atoms with E-state index in [0.717, 1.165) is 20.8 Å². The topological polar surface area (TPSA) is 96.0 Å². The first-order valence-electron chi connectivity index (χ1n) is 12.3. The zero-order chi connectivity index (χ0) is 28.6. The van der Waals surface area contributed by atoms with Crippen LogP contribution in [0.5, 0.6) is 5.75 Å². The SMILES string of the molecule is CCCNC(=O)[C@@H](C)N(Cc1ccc(Br)cc1)C(=O)CN(c1ccc(OC)c(Cl)c1)S(=O)(=O)c1ccccc1. The summed E-state index contributed by atoms with van der Waals surface area (Å²) in [6.45, 7) is 3.57. The van der Waals surface area contributed by atoms with Crippen LogP contribution >= 0.6 is 27.5 Å². The maximum Gasteiger partial charge on any atom is 0.264 e. The number of carbonyl (C=O) groups excluding carboxylic acids is 2. The highest BCUT2D eigenvalue weighted by Crippen LogP contribution is 2.32. The number of amides is 2. The van der Waals surface area contributed by atoms with Crippen molar-refractivity contribution >= 4 is 55.1 Å². The lowest BCUT2D eigenvalue weighted by Gasteiger charge is -2.32. The van der Waals surface area contributed by atoms with Crippen LogP contribution in [-0.2, 0) is 26.2 Å². The van der Waals surface area contributed by atoms with Crippen molar-refractivity contribution in [3.05, 3.63) is 87.9 Å². The Labute approximate surface area is 243 Å². The molecule has 1 N–H and O–H groups in total. The molecule has 0 bridgehead atoms. The van der Waals surface area contributed by atoms with Crippen molar-refractivity contribution in [1.29, 1.82) is 0 Å². The average Bonchev–Trinajstić information content (AvgIpc) is 2.94. The molecule has 39 heavy (non-hydrogen) atoms. The van der Waals surface area contributed by atoms with E-state index in [1.807, 2.05) is 31.2 Å². The molecule has 0 heterocycles. The van der Waals surface area contributed by atoms with Gasteiger partial charge >= 0.3 is 0 Å². The number of carbonyl (C=O) groups is 2. The van der Waals surface area contributed by atoms with Crippen LogP contribution in [0.15, 0.2) is 82.2 Å². The Hall–Kier alpha value is -3.08. The molecule has 3 aromatic rings. The Kier molecular flexibility index (Phi) is 10.8. The number of hydrogen-bond acceptors (Lipinski definition) is 5. The van der Waals surface area contributed by atoms with E-state index in [4.69, 9.17) is 16.3 Å². The molecule has 0 aliphatic carbocycles. The molecule has 0 aliphatic heterocycles. The number of nitrogens with zero attached hydrogens (tertiary/aromatic N) is 2. The molecule has 3 rings (SSSR count). The summed E-state index contributed by atoms with van der Waals surface area (Å²) in [5, 5.41) is 3.01. The van der Waals surface area contributed by atoms with Crippen molar-refractivity contribution < 1.29 is 22.7 Å². The summed E-state index contributed by atoms with van der Waals surface area (Å²) < 4.78 is 34.7. The lowest BCUT2D eigenvalue weighted by Crippen LogP contribution is -2.51. The molecule has 208 valence electrons. The third kappa shape index (κ3) is 7.74. The number of sulfonamides is 1. The van der Waals surface area contributed by atoms with E-state index in [0.29, 0.717) is 12.3 Å². The minimum atomic E-state index is -4.18. The van der Waals surface area contributed by atoms with Crippen molar-refractivity contribution in [2.24, 2.45) is 0 Å². The fourth-order valence-electron chi connectivity index (χ4n) is 3.82. The predicted octanol–water partition coefficient (Wildman–Crippen LogP) is 5.25. The van der Waals surface area contributed by atoms with Gasteiger partial charge < -0.3 is 15.0 Å². The second-order valence-corrected chi connectivity index (χ2v) is 11.9. The van der Waals surface area contributed by atoms with Crippen LogP contribution in [0.25, 0.3) is 0 Å². The molecule has 11 heteroatoms. The number of rotatable bonds is 12. The zero-order valence-electron chi connectivity index (χ0n) is 21.9. The van der Waals surface area contributed by atoms with Crippen molar-refractivity contribution in [2.75, 3.05) is 24.5 Å². The van der Waals surface area contributed by atoms with Crippen molar-refractivity contribution in [1.82, 2.24) is 10.2 Å². The minimum absolute atomic E-state index is 0.0120. The van der Waals surface area contributed by atoms with Crippen LogP contribution in [-0.4, -0.2) is 51.4 Å².